The first kappa shape index (κ1) is 20.5. The third-order valence-electron chi connectivity index (χ3n) is 5.60. The molecule has 1 saturated heterocycles. The quantitative estimate of drug-likeness (QED) is 0.484. The van der Waals surface area contributed by atoms with Gasteiger partial charge in [0.1, 0.15) is 0 Å². The highest BCUT2D eigenvalue weighted by molar-refractivity contribution is 6.42. The summed E-state index contributed by atoms with van der Waals surface area (Å²) in [6.45, 7) is 4.86. The number of piperazine rings is 1. The Morgan fingerprint density at radius 2 is 1.74 bits per heavy atom. The molecule has 1 fully saturated rings. The summed E-state index contributed by atoms with van der Waals surface area (Å²) in [4.78, 5) is 41.8. The van der Waals surface area contributed by atoms with Gasteiger partial charge in [0.25, 0.3) is 11.8 Å². The zero-order chi connectivity index (χ0) is 22.0. The van der Waals surface area contributed by atoms with Crippen molar-refractivity contribution in [2.24, 2.45) is 0 Å². The van der Waals surface area contributed by atoms with Crippen LogP contribution in [0.3, 0.4) is 0 Å². The molecule has 7 nitrogen and oxygen atoms in total. The van der Waals surface area contributed by atoms with E-state index >= 15 is 0 Å². The van der Waals surface area contributed by atoms with Crippen LogP contribution in [0.15, 0.2) is 67.0 Å². The van der Waals surface area contributed by atoms with E-state index < -0.39 is 11.7 Å². The number of carbonyl (C=O) groups excluding carboxylic acids is 3. The van der Waals surface area contributed by atoms with Gasteiger partial charge in [0.2, 0.25) is 5.78 Å². The minimum absolute atomic E-state index is 0.0595. The molecule has 1 aromatic heterocycles. The number of aromatic nitrogens is 2. The molecule has 0 radical (unpaired) electrons. The second kappa shape index (κ2) is 8.55. The van der Waals surface area contributed by atoms with E-state index in [1.807, 2.05) is 44.3 Å². The lowest BCUT2D eigenvalue weighted by molar-refractivity contribution is -0.130. The van der Waals surface area contributed by atoms with Gasteiger partial charge < -0.3 is 9.80 Å². The van der Waals surface area contributed by atoms with Crippen LogP contribution in [-0.4, -0.2) is 62.9 Å². The Balaban J connectivity index is 1.44. The van der Waals surface area contributed by atoms with Gasteiger partial charge in [0.15, 0.2) is 0 Å². The zero-order valence-corrected chi connectivity index (χ0v) is 17.6. The van der Waals surface area contributed by atoms with Gasteiger partial charge in [-0.3, -0.25) is 14.4 Å². The molecular formula is C24H24N4O3. The van der Waals surface area contributed by atoms with Crippen LogP contribution in [0.5, 0.6) is 0 Å². The minimum Gasteiger partial charge on any atom is -0.335 e. The molecule has 1 aliphatic rings. The highest BCUT2D eigenvalue weighted by atomic mass is 16.2. The zero-order valence-electron chi connectivity index (χ0n) is 17.6. The van der Waals surface area contributed by atoms with Crippen molar-refractivity contribution in [2.75, 3.05) is 19.6 Å². The average molecular weight is 416 g/mol. The van der Waals surface area contributed by atoms with Gasteiger partial charge in [0, 0.05) is 49.2 Å². The Hall–Kier alpha value is -3.74. The van der Waals surface area contributed by atoms with E-state index in [0.29, 0.717) is 30.8 Å². The van der Waals surface area contributed by atoms with Gasteiger partial charge in [-0.05, 0) is 55.8 Å². The summed E-state index contributed by atoms with van der Waals surface area (Å²) >= 11 is 0. The third kappa shape index (κ3) is 4.12. The SMILES string of the molecule is Cc1cc(C(=O)C(=O)N2CCN(C(=O)c3ccccc3)C[C@H]2C)ccc1-n1cccn1. The molecule has 0 saturated carbocycles. The van der Waals surface area contributed by atoms with Crippen molar-refractivity contribution in [3.8, 4) is 5.69 Å². The average Bonchev–Trinajstić information content (AvgIpc) is 3.32. The van der Waals surface area contributed by atoms with Crippen LogP contribution < -0.4 is 0 Å². The highest BCUT2D eigenvalue weighted by Crippen LogP contribution is 2.18. The number of Topliss-reactive ketones (excluding diaryl/α,β-unsaturated/α-hetero) is 1. The predicted octanol–water partition coefficient (Wildman–Crippen LogP) is 2.74. The van der Waals surface area contributed by atoms with E-state index in [2.05, 4.69) is 5.10 Å². The second-order valence-electron chi connectivity index (χ2n) is 7.75. The van der Waals surface area contributed by atoms with Crippen LogP contribution >= 0.6 is 0 Å². The predicted molar refractivity (Wildman–Crippen MR) is 116 cm³/mol. The molecule has 2 heterocycles. The monoisotopic (exact) mass is 416 g/mol. The van der Waals surface area contributed by atoms with E-state index in [1.54, 1.807) is 51.0 Å². The fraction of sp³-hybridized carbons (Fsp3) is 0.250. The summed E-state index contributed by atoms with van der Waals surface area (Å²) < 4.78 is 1.72. The maximum atomic E-state index is 12.9. The van der Waals surface area contributed by atoms with E-state index in [4.69, 9.17) is 0 Å². The number of hydrogen-bond acceptors (Lipinski definition) is 4. The number of ketones is 1. The molecule has 3 aromatic rings. The number of aryl methyl sites for hydroxylation is 1. The molecule has 1 aliphatic heterocycles. The van der Waals surface area contributed by atoms with Crippen LogP contribution in [0.1, 0.15) is 33.2 Å². The molecular weight excluding hydrogens is 392 g/mol. The highest BCUT2D eigenvalue weighted by Gasteiger charge is 2.33. The van der Waals surface area contributed by atoms with Crippen molar-refractivity contribution in [1.29, 1.82) is 0 Å². The van der Waals surface area contributed by atoms with Crippen molar-refractivity contribution in [1.82, 2.24) is 19.6 Å². The van der Waals surface area contributed by atoms with Gasteiger partial charge in [0.05, 0.1) is 5.69 Å². The summed E-state index contributed by atoms with van der Waals surface area (Å²) in [5.41, 5.74) is 2.69. The Morgan fingerprint density at radius 1 is 0.968 bits per heavy atom. The molecule has 2 aromatic carbocycles. The van der Waals surface area contributed by atoms with Crippen molar-refractivity contribution in [2.45, 2.75) is 19.9 Å². The topological polar surface area (TPSA) is 75.5 Å². The largest absolute Gasteiger partial charge is 0.335 e. The molecule has 1 atom stereocenters. The van der Waals surface area contributed by atoms with Gasteiger partial charge >= 0.3 is 0 Å². The second-order valence-corrected chi connectivity index (χ2v) is 7.75. The summed E-state index contributed by atoms with van der Waals surface area (Å²) in [7, 11) is 0. The molecule has 4 rings (SSSR count). The van der Waals surface area contributed by atoms with Crippen molar-refractivity contribution >= 4 is 17.6 Å². The molecule has 31 heavy (non-hydrogen) atoms. The summed E-state index contributed by atoms with van der Waals surface area (Å²) in [5, 5.41) is 4.21. The lowest BCUT2D eigenvalue weighted by Gasteiger charge is -2.39. The molecule has 2 amide bonds. The Bertz CT molecular complexity index is 1110. The summed E-state index contributed by atoms with van der Waals surface area (Å²) in [6.07, 6.45) is 3.51. The first-order valence-electron chi connectivity index (χ1n) is 10.3. The number of amides is 2. The van der Waals surface area contributed by atoms with Crippen molar-refractivity contribution in [3.05, 3.63) is 83.7 Å². The summed E-state index contributed by atoms with van der Waals surface area (Å²) in [6, 6.07) is 15.8. The van der Waals surface area contributed by atoms with Crippen LogP contribution in [0.2, 0.25) is 0 Å². The van der Waals surface area contributed by atoms with Gasteiger partial charge in [-0.1, -0.05) is 18.2 Å². The standard InChI is InChI=1S/C24H24N4O3/c1-17-15-20(9-10-21(17)28-12-6-11-25-28)22(29)24(31)27-14-13-26(16-18(27)2)23(30)19-7-4-3-5-8-19/h3-12,15,18H,13-14,16H2,1-2H3/t18-/m1/s1. The number of carbonyl (C=O) groups is 3. The van der Waals surface area contributed by atoms with Gasteiger partial charge in [-0.25, -0.2) is 4.68 Å². The Labute approximate surface area is 180 Å². The van der Waals surface area contributed by atoms with Crippen molar-refractivity contribution in [3.63, 3.8) is 0 Å². The number of benzene rings is 2. The molecule has 158 valence electrons. The number of rotatable bonds is 4. The first-order chi connectivity index (χ1) is 15.0. The van der Waals surface area contributed by atoms with E-state index in [1.165, 1.54) is 0 Å². The molecule has 0 unspecified atom stereocenters. The molecule has 0 aliphatic carbocycles. The van der Waals surface area contributed by atoms with Crippen LogP contribution in [0, 0.1) is 6.92 Å². The molecule has 0 bridgehead atoms. The van der Waals surface area contributed by atoms with E-state index in [-0.39, 0.29) is 11.9 Å². The minimum atomic E-state index is -0.537. The van der Waals surface area contributed by atoms with Gasteiger partial charge in [-0.2, -0.15) is 5.10 Å². The lowest BCUT2D eigenvalue weighted by atomic mass is 10.0. The lowest BCUT2D eigenvalue weighted by Crippen LogP contribution is -2.56. The van der Waals surface area contributed by atoms with E-state index in [0.717, 1.165) is 11.3 Å². The van der Waals surface area contributed by atoms with Crippen LogP contribution in [-0.2, 0) is 4.79 Å². The summed E-state index contributed by atoms with van der Waals surface area (Å²) in [5.74, 6) is -1.13. The Kier molecular flexibility index (Phi) is 5.66. The van der Waals surface area contributed by atoms with Gasteiger partial charge in [-0.15, -0.1) is 0 Å². The van der Waals surface area contributed by atoms with E-state index in [9.17, 15) is 14.4 Å². The molecule has 7 heteroatoms. The molecule has 0 spiro atoms. The van der Waals surface area contributed by atoms with Crippen LogP contribution in [0.25, 0.3) is 5.69 Å². The fourth-order valence-corrected chi connectivity index (χ4v) is 3.93. The number of hydrogen-bond donors (Lipinski definition) is 0. The first-order valence-corrected chi connectivity index (χ1v) is 10.3. The fourth-order valence-electron chi connectivity index (χ4n) is 3.93. The smallest absolute Gasteiger partial charge is 0.295 e. The maximum Gasteiger partial charge on any atom is 0.295 e. The maximum absolute atomic E-state index is 12.9. The van der Waals surface area contributed by atoms with Crippen LogP contribution in [0.4, 0.5) is 0 Å². The third-order valence-corrected chi connectivity index (χ3v) is 5.60. The molecule has 0 N–H and O–H groups in total. The normalized spacial score (nSPS) is 16.3. The Morgan fingerprint density at radius 3 is 2.39 bits per heavy atom. The number of nitrogens with zero attached hydrogens (tertiary/aromatic N) is 4. The van der Waals surface area contributed by atoms with Crippen molar-refractivity contribution < 1.29 is 14.4 Å².